The Morgan fingerprint density at radius 3 is 2.39 bits per heavy atom. The summed E-state index contributed by atoms with van der Waals surface area (Å²) in [5, 5.41) is 9.60. The van der Waals surface area contributed by atoms with Crippen molar-refractivity contribution in [3.8, 4) is 11.5 Å². The fraction of sp³-hybridized carbons (Fsp3) is 0.174. The van der Waals surface area contributed by atoms with Crippen molar-refractivity contribution in [3.63, 3.8) is 0 Å². The van der Waals surface area contributed by atoms with E-state index >= 15 is 0 Å². The molecular weight excluding hydrogens is 483 g/mol. The molecule has 1 N–H and O–H groups in total. The van der Waals surface area contributed by atoms with Gasteiger partial charge in [-0.2, -0.15) is 0 Å². The van der Waals surface area contributed by atoms with E-state index in [1.54, 1.807) is 43.1 Å². The van der Waals surface area contributed by atoms with Crippen LogP contribution < -0.4 is 25.9 Å². The SMILES string of the molecule is COc1ccc(C2Sc3cc([I-]C)ccc3C2C(=O)c2ccc(O)cc2)cc1. The molecule has 0 saturated heterocycles. The van der Waals surface area contributed by atoms with Crippen molar-refractivity contribution in [2.75, 3.05) is 12.0 Å². The topological polar surface area (TPSA) is 46.5 Å². The Bertz CT molecular complexity index is 999. The average Bonchev–Trinajstić information content (AvgIpc) is 3.12. The van der Waals surface area contributed by atoms with Crippen LogP contribution in [0.2, 0.25) is 0 Å². The van der Waals surface area contributed by atoms with Crippen molar-refractivity contribution in [2.24, 2.45) is 0 Å². The molecule has 0 aliphatic carbocycles. The van der Waals surface area contributed by atoms with Crippen molar-refractivity contribution >= 4 is 17.5 Å². The van der Waals surface area contributed by atoms with Crippen molar-refractivity contribution in [1.29, 1.82) is 0 Å². The van der Waals surface area contributed by atoms with Gasteiger partial charge >= 0.3 is 180 Å². The quantitative estimate of drug-likeness (QED) is 0.329. The van der Waals surface area contributed by atoms with Crippen LogP contribution in [-0.2, 0) is 0 Å². The molecule has 1 heterocycles. The summed E-state index contributed by atoms with van der Waals surface area (Å²) in [4.78, 5) is 16.9. The Kier molecular flexibility index (Phi) is 5.64. The molecule has 0 spiro atoms. The first-order chi connectivity index (χ1) is 13.6. The molecule has 3 aromatic rings. The van der Waals surface area contributed by atoms with Crippen molar-refractivity contribution in [2.45, 2.75) is 16.1 Å². The van der Waals surface area contributed by atoms with Gasteiger partial charge < -0.3 is 0 Å². The number of carbonyl (C=O) groups excluding carboxylic acids is 1. The Morgan fingerprint density at radius 2 is 1.75 bits per heavy atom. The first-order valence-electron chi connectivity index (χ1n) is 8.88. The summed E-state index contributed by atoms with van der Waals surface area (Å²) in [6.07, 6.45) is 0. The first kappa shape index (κ1) is 19.3. The Morgan fingerprint density at radius 1 is 1.04 bits per heavy atom. The van der Waals surface area contributed by atoms with E-state index in [4.69, 9.17) is 4.74 Å². The number of ketones is 1. The summed E-state index contributed by atoms with van der Waals surface area (Å²) >= 11 is 1.78. The minimum absolute atomic E-state index is 0.00367. The number of ether oxygens (including phenoxy) is 1. The second-order valence-electron chi connectivity index (χ2n) is 6.57. The number of phenols is 1. The van der Waals surface area contributed by atoms with Gasteiger partial charge in [-0.25, -0.2) is 0 Å². The standard InChI is InChI=1S/C23H20IO3S/c1-24-16-7-12-19-20(13-16)28-23(15-5-10-18(27-2)11-6-15)21(19)22(26)14-3-8-17(25)9-4-14/h3-13,21,23,25H,1-2H3/q-1. The molecule has 0 saturated carbocycles. The van der Waals surface area contributed by atoms with Crippen molar-refractivity contribution in [3.05, 3.63) is 87.0 Å². The third-order valence-electron chi connectivity index (χ3n) is 4.96. The Balaban J connectivity index is 1.77. The molecule has 1 aliphatic heterocycles. The molecule has 0 aromatic heterocycles. The van der Waals surface area contributed by atoms with Gasteiger partial charge in [0.25, 0.3) is 0 Å². The number of benzene rings is 3. The van der Waals surface area contributed by atoms with Crippen molar-refractivity contribution in [1.82, 2.24) is 0 Å². The molecule has 4 rings (SSSR count). The number of hydrogen-bond donors (Lipinski definition) is 1. The number of halogens is 1. The number of Topliss-reactive ketones (excluding diaryl/α,β-unsaturated/α-hetero) is 1. The van der Waals surface area contributed by atoms with Crippen molar-refractivity contribution < 1.29 is 35.8 Å². The number of carbonyl (C=O) groups is 1. The van der Waals surface area contributed by atoms with E-state index in [1.165, 1.54) is 8.47 Å². The van der Waals surface area contributed by atoms with Gasteiger partial charge in [0.15, 0.2) is 0 Å². The van der Waals surface area contributed by atoms with Crippen LogP contribution in [0.5, 0.6) is 11.5 Å². The molecular formula is C23H20IO3S-. The number of hydrogen-bond acceptors (Lipinski definition) is 4. The predicted octanol–water partition coefficient (Wildman–Crippen LogP) is 2.10. The molecule has 2 atom stereocenters. The number of rotatable bonds is 5. The van der Waals surface area contributed by atoms with Gasteiger partial charge in [0.2, 0.25) is 0 Å². The van der Waals surface area contributed by atoms with Gasteiger partial charge in [0.05, 0.1) is 0 Å². The van der Waals surface area contributed by atoms with E-state index < -0.39 is 0 Å². The summed E-state index contributed by atoms with van der Waals surface area (Å²) < 4.78 is 6.67. The normalized spacial score (nSPS) is 18.1. The summed E-state index contributed by atoms with van der Waals surface area (Å²) in [6.45, 7) is 0. The van der Waals surface area contributed by atoms with Crippen LogP contribution in [0.25, 0.3) is 0 Å². The van der Waals surface area contributed by atoms with Gasteiger partial charge in [-0.3, -0.25) is 0 Å². The zero-order valence-electron chi connectivity index (χ0n) is 15.6. The molecule has 0 radical (unpaired) electrons. The van der Waals surface area contributed by atoms with Crippen LogP contribution in [0.3, 0.4) is 0 Å². The predicted molar refractivity (Wildman–Crippen MR) is 108 cm³/mol. The van der Waals surface area contributed by atoms with Gasteiger partial charge in [-0.15, -0.1) is 0 Å². The molecule has 2 unspecified atom stereocenters. The fourth-order valence-electron chi connectivity index (χ4n) is 3.49. The van der Waals surface area contributed by atoms with E-state index in [1.807, 2.05) is 24.3 Å². The van der Waals surface area contributed by atoms with Crippen LogP contribution >= 0.6 is 11.8 Å². The van der Waals surface area contributed by atoms with Crippen LogP contribution in [0.1, 0.15) is 32.7 Å². The average molecular weight is 503 g/mol. The van der Waals surface area contributed by atoms with Crippen LogP contribution in [-0.4, -0.2) is 22.9 Å². The van der Waals surface area contributed by atoms with E-state index in [2.05, 4.69) is 23.1 Å². The number of fused-ring (bicyclic) bond motifs is 1. The number of thioether (sulfide) groups is 1. The molecule has 3 nitrogen and oxygen atoms in total. The number of alkyl halides is 1. The van der Waals surface area contributed by atoms with Crippen LogP contribution in [0.15, 0.2) is 71.6 Å². The number of phenolic OH excluding ortho intramolecular Hbond substituents is 1. The molecule has 3 aromatic carbocycles. The fourth-order valence-corrected chi connectivity index (χ4v) is 6.36. The Labute approximate surface area is 179 Å². The number of methoxy groups -OCH3 is 1. The summed E-state index contributed by atoms with van der Waals surface area (Å²) in [5.41, 5.74) is 2.85. The molecule has 0 fully saturated rings. The molecule has 28 heavy (non-hydrogen) atoms. The minimum atomic E-state index is -0.248. The first-order valence-corrected chi connectivity index (χ1v) is 13.0. The zero-order valence-corrected chi connectivity index (χ0v) is 18.5. The zero-order chi connectivity index (χ0) is 19.7. The maximum atomic E-state index is 13.5. The summed E-state index contributed by atoms with van der Waals surface area (Å²) in [6, 6.07) is 21.1. The van der Waals surface area contributed by atoms with E-state index in [0.717, 1.165) is 16.9 Å². The van der Waals surface area contributed by atoms with E-state index in [9.17, 15) is 9.90 Å². The van der Waals surface area contributed by atoms with Crippen LogP contribution in [0, 0.1) is 3.57 Å². The third kappa shape index (κ3) is 3.65. The summed E-state index contributed by atoms with van der Waals surface area (Å²) in [5.74, 6) is 0.817. The van der Waals surface area contributed by atoms with E-state index in [-0.39, 0.29) is 43.9 Å². The van der Waals surface area contributed by atoms with Gasteiger partial charge in [0.1, 0.15) is 0 Å². The van der Waals surface area contributed by atoms with Gasteiger partial charge in [-0.05, 0) is 0 Å². The third-order valence-corrected chi connectivity index (χ3v) is 8.29. The van der Waals surface area contributed by atoms with Crippen LogP contribution in [0.4, 0.5) is 0 Å². The molecule has 5 heteroatoms. The molecule has 0 amide bonds. The Hall–Kier alpha value is -1.99. The second-order valence-corrected chi connectivity index (χ2v) is 10.1. The molecule has 144 valence electrons. The van der Waals surface area contributed by atoms with E-state index in [0.29, 0.717) is 5.56 Å². The maximum absolute atomic E-state index is 13.5. The number of aromatic hydroxyl groups is 1. The van der Waals surface area contributed by atoms with Gasteiger partial charge in [0, 0.05) is 0 Å². The molecule has 1 aliphatic rings. The monoisotopic (exact) mass is 503 g/mol. The molecule has 0 bridgehead atoms. The second kappa shape index (κ2) is 8.17. The van der Waals surface area contributed by atoms with Gasteiger partial charge in [-0.1, -0.05) is 0 Å². The summed E-state index contributed by atoms with van der Waals surface area (Å²) in [7, 11) is 1.65.